The molecule has 1 fully saturated rings. The van der Waals surface area contributed by atoms with Gasteiger partial charge in [0.2, 0.25) is 0 Å². The van der Waals surface area contributed by atoms with Gasteiger partial charge in [0.05, 0.1) is 5.02 Å². The standard InChI is InChI=1S/C15H24ClN3/c1-4-17-9-13-8-15(18-10-14(13)16)19-6-5-11(2)7-12(19)3/h8,10-12,17H,4-7,9H2,1-3H3. The molecule has 1 aliphatic rings. The Kier molecular flexibility index (Phi) is 5.06. The average molecular weight is 282 g/mol. The molecule has 2 rings (SSSR count). The Balaban J connectivity index is 2.15. The van der Waals surface area contributed by atoms with E-state index in [1.165, 1.54) is 12.8 Å². The van der Waals surface area contributed by atoms with Crippen LogP contribution in [-0.2, 0) is 6.54 Å². The quantitative estimate of drug-likeness (QED) is 0.916. The lowest BCUT2D eigenvalue weighted by Crippen LogP contribution is -2.40. The Hall–Kier alpha value is -0.800. The topological polar surface area (TPSA) is 28.2 Å². The van der Waals surface area contributed by atoms with Crippen LogP contribution in [-0.4, -0.2) is 24.1 Å². The number of pyridine rings is 1. The third-order valence-corrected chi connectivity index (χ3v) is 4.26. The molecule has 1 N–H and O–H groups in total. The van der Waals surface area contributed by atoms with Gasteiger partial charge in [-0.15, -0.1) is 0 Å². The van der Waals surface area contributed by atoms with E-state index in [1.807, 2.05) is 0 Å². The van der Waals surface area contributed by atoms with Gasteiger partial charge in [0.25, 0.3) is 0 Å². The summed E-state index contributed by atoms with van der Waals surface area (Å²) in [7, 11) is 0. The molecular formula is C15H24ClN3. The first-order valence-corrected chi connectivity index (χ1v) is 7.61. The highest BCUT2D eigenvalue weighted by Gasteiger charge is 2.24. The maximum atomic E-state index is 6.21. The van der Waals surface area contributed by atoms with E-state index in [0.29, 0.717) is 6.04 Å². The Morgan fingerprint density at radius 1 is 1.47 bits per heavy atom. The Labute approximate surface area is 121 Å². The first kappa shape index (κ1) is 14.6. The summed E-state index contributed by atoms with van der Waals surface area (Å²) in [5.41, 5.74) is 1.14. The molecule has 0 amide bonds. The van der Waals surface area contributed by atoms with Crippen molar-refractivity contribution < 1.29 is 0 Å². The summed E-state index contributed by atoms with van der Waals surface area (Å²) >= 11 is 6.21. The molecule has 1 aromatic rings. The Morgan fingerprint density at radius 3 is 2.95 bits per heavy atom. The number of halogens is 1. The number of nitrogens with one attached hydrogen (secondary N) is 1. The molecule has 1 saturated heterocycles. The van der Waals surface area contributed by atoms with Crippen LogP contribution in [0.4, 0.5) is 5.82 Å². The molecule has 0 aliphatic carbocycles. The number of hydrogen-bond donors (Lipinski definition) is 1. The molecular weight excluding hydrogens is 258 g/mol. The summed E-state index contributed by atoms with van der Waals surface area (Å²) in [6, 6.07) is 2.70. The molecule has 2 atom stereocenters. The number of anilines is 1. The van der Waals surface area contributed by atoms with Gasteiger partial charge in [-0.1, -0.05) is 25.4 Å². The molecule has 1 aromatic heterocycles. The second kappa shape index (κ2) is 6.58. The molecule has 19 heavy (non-hydrogen) atoms. The van der Waals surface area contributed by atoms with Gasteiger partial charge in [0.15, 0.2) is 0 Å². The molecule has 4 heteroatoms. The van der Waals surface area contributed by atoms with Crippen molar-refractivity contribution >= 4 is 17.4 Å². The fourth-order valence-corrected chi connectivity index (χ4v) is 2.94. The van der Waals surface area contributed by atoms with Gasteiger partial charge in [0, 0.05) is 25.3 Å². The van der Waals surface area contributed by atoms with Crippen molar-refractivity contribution in [2.24, 2.45) is 5.92 Å². The number of rotatable bonds is 4. The zero-order chi connectivity index (χ0) is 13.8. The first-order valence-electron chi connectivity index (χ1n) is 7.23. The highest BCUT2D eigenvalue weighted by molar-refractivity contribution is 6.31. The van der Waals surface area contributed by atoms with Crippen molar-refractivity contribution in [3.8, 4) is 0 Å². The zero-order valence-electron chi connectivity index (χ0n) is 12.1. The van der Waals surface area contributed by atoms with Crippen molar-refractivity contribution in [3.05, 3.63) is 22.8 Å². The summed E-state index contributed by atoms with van der Waals surface area (Å²) < 4.78 is 0. The highest BCUT2D eigenvalue weighted by Crippen LogP contribution is 2.28. The van der Waals surface area contributed by atoms with Crippen LogP contribution in [0.1, 0.15) is 39.2 Å². The lowest BCUT2D eigenvalue weighted by Gasteiger charge is -2.37. The fourth-order valence-electron chi connectivity index (χ4n) is 2.77. The maximum absolute atomic E-state index is 6.21. The van der Waals surface area contributed by atoms with Crippen LogP contribution in [0.25, 0.3) is 0 Å². The minimum atomic E-state index is 0.560. The molecule has 3 nitrogen and oxygen atoms in total. The van der Waals surface area contributed by atoms with E-state index in [-0.39, 0.29) is 0 Å². The van der Waals surface area contributed by atoms with E-state index < -0.39 is 0 Å². The van der Waals surface area contributed by atoms with Gasteiger partial charge in [0.1, 0.15) is 5.82 Å². The van der Waals surface area contributed by atoms with E-state index in [2.05, 4.69) is 42.0 Å². The van der Waals surface area contributed by atoms with Gasteiger partial charge in [-0.05, 0) is 43.9 Å². The molecule has 106 valence electrons. The molecule has 0 radical (unpaired) electrons. The van der Waals surface area contributed by atoms with Crippen LogP contribution in [0.3, 0.4) is 0 Å². The lowest BCUT2D eigenvalue weighted by molar-refractivity contribution is 0.376. The number of aromatic nitrogens is 1. The van der Waals surface area contributed by atoms with Crippen LogP contribution in [0.15, 0.2) is 12.3 Å². The van der Waals surface area contributed by atoms with Crippen molar-refractivity contribution in [2.75, 3.05) is 18.0 Å². The van der Waals surface area contributed by atoms with Crippen LogP contribution < -0.4 is 10.2 Å². The van der Waals surface area contributed by atoms with Crippen molar-refractivity contribution in [3.63, 3.8) is 0 Å². The number of piperidine rings is 1. The lowest BCUT2D eigenvalue weighted by atomic mass is 9.93. The summed E-state index contributed by atoms with van der Waals surface area (Å²) in [5.74, 6) is 1.89. The van der Waals surface area contributed by atoms with Gasteiger partial charge in [-0.3, -0.25) is 0 Å². The molecule has 0 aromatic carbocycles. The number of nitrogens with zero attached hydrogens (tertiary/aromatic N) is 2. The normalized spacial score (nSPS) is 23.7. The third kappa shape index (κ3) is 3.61. The van der Waals surface area contributed by atoms with E-state index >= 15 is 0 Å². The highest BCUT2D eigenvalue weighted by atomic mass is 35.5. The smallest absolute Gasteiger partial charge is 0.129 e. The van der Waals surface area contributed by atoms with Crippen molar-refractivity contribution in [2.45, 2.75) is 46.2 Å². The third-order valence-electron chi connectivity index (χ3n) is 3.92. The van der Waals surface area contributed by atoms with Crippen LogP contribution in [0, 0.1) is 5.92 Å². The molecule has 0 spiro atoms. The van der Waals surface area contributed by atoms with Gasteiger partial charge in [-0.2, -0.15) is 0 Å². The van der Waals surface area contributed by atoms with E-state index in [0.717, 1.165) is 42.0 Å². The van der Waals surface area contributed by atoms with Crippen LogP contribution in [0.2, 0.25) is 5.02 Å². The van der Waals surface area contributed by atoms with E-state index in [1.54, 1.807) is 6.20 Å². The molecule has 2 unspecified atom stereocenters. The molecule has 2 heterocycles. The predicted molar refractivity (Wildman–Crippen MR) is 81.8 cm³/mol. The summed E-state index contributed by atoms with van der Waals surface area (Å²) in [6.45, 7) is 9.58. The zero-order valence-corrected chi connectivity index (χ0v) is 12.9. The molecule has 1 aliphatic heterocycles. The molecule has 0 saturated carbocycles. The summed E-state index contributed by atoms with van der Waals surface area (Å²) in [6.07, 6.45) is 4.28. The predicted octanol–water partition coefficient (Wildman–Crippen LogP) is 3.47. The number of hydrogen-bond acceptors (Lipinski definition) is 3. The van der Waals surface area contributed by atoms with Crippen molar-refractivity contribution in [1.82, 2.24) is 10.3 Å². The fraction of sp³-hybridized carbons (Fsp3) is 0.667. The van der Waals surface area contributed by atoms with E-state index in [9.17, 15) is 0 Å². The summed E-state index contributed by atoms with van der Waals surface area (Å²) in [5, 5.41) is 4.08. The summed E-state index contributed by atoms with van der Waals surface area (Å²) in [4.78, 5) is 6.92. The molecule has 0 bridgehead atoms. The second-order valence-electron chi connectivity index (χ2n) is 5.59. The largest absolute Gasteiger partial charge is 0.354 e. The van der Waals surface area contributed by atoms with Gasteiger partial charge in [-0.25, -0.2) is 4.98 Å². The monoisotopic (exact) mass is 281 g/mol. The van der Waals surface area contributed by atoms with Gasteiger partial charge >= 0.3 is 0 Å². The van der Waals surface area contributed by atoms with E-state index in [4.69, 9.17) is 11.6 Å². The minimum absolute atomic E-state index is 0.560. The van der Waals surface area contributed by atoms with Crippen LogP contribution in [0.5, 0.6) is 0 Å². The SMILES string of the molecule is CCNCc1cc(N2CCC(C)CC2C)ncc1Cl. The van der Waals surface area contributed by atoms with Crippen molar-refractivity contribution in [1.29, 1.82) is 0 Å². The minimum Gasteiger partial charge on any atom is -0.354 e. The van der Waals surface area contributed by atoms with Crippen LogP contribution >= 0.6 is 11.6 Å². The maximum Gasteiger partial charge on any atom is 0.129 e. The Morgan fingerprint density at radius 2 is 2.26 bits per heavy atom. The van der Waals surface area contributed by atoms with Gasteiger partial charge < -0.3 is 10.2 Å². The second-order valence-corrected chi connectivity index (χ2v) is 5.99. The average Bonchev–Trinajstić information content (AvgIpc) is 2.38. The first-order chi connectivity index (χ1) is 9.11. The Bertz CT molecular complexity index is 422.